The minimum atomic E-state index is -4.03. The maximum absolute atomic E-state index is 12.9. The minimum Gasteiger partial charge on any atom is -0.361 e. The van der Waals surface area contributed by atoms with Crippen molar-refractivity contribution < 1.29 is 13.2 Å². The fourth-order valence-electron chi connectivity index (χ4n) is 3.06. The van der Waals surface area contributed by atoms with Gasteiger partial charge in [0.2, 0.25) is 10.0 Å². The van der Waals surface area contributed by atoms with Gasteiger partial charge in [0.05, 0.1) is 5.02 Å². The molecule has 140 valence electrons. The molecular weight excluding hydrogens is 398 g/mol. The van der Waals surface area contributed by atoms with Gasteiger partial charge >= 0.3 is 0 Å². The Balaban J connectivity index is 1.75. The maximum Gasteiger partial charge on any atom is 0.239 e. The van der Waals surface area contributed by atoms with E-state index in [-0.39, 0.29) is 21.3 Å². The van der Waals surface area contributed by atoms with Crippen molar-refractivity contribution in [3.05, 3.63) is 83.3 Å². The van der Waals surface area contributed by atoms with Gasteiger partial charge in [0.1, 0.15) is 4.90 Å². The summed E-state index contributed by atoms with van der Waals surface area (Å²) in [6.07, 6.45) is 5.33. The standard InChI is InChI=1S/C20H14ClN3O3S/c21-17-6-4-13(9-19(17)28(22,26)27)20(25)12-3-5-15-16(11-24-18(15)8-12)14-2-1-7-23-10-14/h1-11,24H,(H2,22,26,27). The number of fused-ring (bicyclic) bond motifs is 1. The largest absolute Gasteiger partial charge is 0.361 e. The summed E-state index contributed by atoms with van der Waals surface area (Å²) in [5.74, 6) is -0.332. The summed E-state index contributed by atoms with van der Waals surface area (Å²) >= 11 is 5.89. The molecule has 0 atom stereocenters. The average Bonchev–Trinajstić information content (AvgIpc) is 3.11. The molecular formula is C20H14ClN3O3S. The summed E-state index contributed by atoms with van der Waals surface area (Å²) in [6.45, 7) is 0. The molecule has 0 fully saturated rings. The summed E-state index contributed by atoms with van der Waals surface area (Å²) in [5.41, 5.74) is 3.32. The molecule has 0 unspecified atom stereocenters. The van der Waals surface area contributed by atoms with Crippen LogP contribution in [0.25, 0.3) is 22.0 Å². The molecule has 0 radical (unpaired) electrons. The number of hydrogen-bond donors (Lipinski definition) is 2. The lowest BCUT2D eigenvalue weighted by molar-refractivity contribution is 0.103. The van der Waals surface area contributed by atoms with Crippen LogP contribution in [-0.2, 0) is 10.0 Å². The van der Waals surface area contributed by atoms with Crippen molar-refractivity contribution in [3.8, 4) is 11.1 Å². The monoisotopic (exact) mass is 411 g/mol. The number of carbonyl (C=O) groups excluding carboxylic acids is 1. The molecule has 0 saturated carbocycles. The van der Waals surface area contributed by atoms with E-state index in [1.807, 2.05) is 24.4 Å². The van der Waals surface area contributed by atoms with Crippen molar-refractivity contribution in [1.82, 2.24) is 9.97 Å². The molecule has 0 aliphatic rings. The summed E-state index contributed by atoms with van der Waals surface area (Å²) in [5, 5.41) is 6.09. The number of benzene rings is 2. The molecule has 0 aliphatic heterocycles. The van der Waals surface area contributed by atoms with E-state index < -0.39 is 10.0 Å². The number of rotatable bonds is 4. The minimum absolute atomic E-state index is 0.0278. The molecule has 2 heterocycles. The van der Waals surface area contributed by atoms with Gasteiger partial charge in [-0.3, -0.25) is 9.78 Å². The number of ketones is 1. The van der Waals surface area contributed by atoms with Crippen LogP contribution in [0.1, 0.15) is 15.9 Å². The van der Waals surface area contributed by atoms with Gasteiger partial charge in [-0.1, -0.05) is 29.8 Å². The molecule has 2 aromatic heterocycles. The highest BCUT2D eigenvalue weighted by atomic mass is 35.5. The highest BCUT2D eigenvalue weighted by Crippen LogP contribution is 2.29. The van der Waals surface area contributed by atoms with Gasteiger partial charge in [-0.05, 0) is 30.3 Å². The van der Waals surface area contributed by atoms with E-state index in [2.05, 4.69) is 9.97 Å². The number of nitrogens with zero attached hydrogens (tertiary/aromatic N) is 1. The van der Waals surface area contributed by atoms with Crippen molar-refractivity contribution in [1.29, 1.82) is 0 Å². The summed E-state index contributed by atoms with van der Waals surface area (Å²) in [7, 11) is -4.03. The number of H-pyrrole nitrogens is 1. The Kier molecular flexibility index (Phi) is 4.50. The zero-order valence-corrected chi connectivity index (χ0v) is 16.0. The molecule has 0 spiro atoms. The molecule has 0 saturated heterocycles. The number of carbonyl (C=O) groups is 1. The van der Waals surface area contributed by atoms with E-state index in [9.17, 15) is 13.2 Å². The molecule has 0 bridgehead atoms. The molecule has 0 aliphatic carbocycles. The molecule has 6 nitrogen and oxygen atoms in total. The Morgan fingerprint density at radius 3 is 2.54 bits per heavy atom. The lowest BCUT2D eigenvalue weighted by Gasteiger charge is -2.06. The number of sulfonamides is 1. The Bertz CT molecular complexity index is 1320. The van der Waals surface area contributed by atoms with Crippen LogP contribution in [-0.4, -0.2) is 24.2 Å². The number of nitrogens with two attached hydrogens (primary N) is 1. The van der Waals surface area contributed by atoms with Crippen molar-refractivity contribution in [2.45, 2.75) is 4.90 Å². The zero-order chi connectivity index (χ0) is 19.9. The molecule has 3 N–H and O–H groups in total. The first-order valence-corrected chi connectivity index (χ1v) is 10.2. The fraction of sp³-hybridized carbons (Fsp3) is 0. The van der Waals surface area contributed by atoms with Crippen LogP contribution in [0.3, 0.4) is 0 Å². The van der Waals surface area contributed by atoms with E-state index in [4.69, 9.17) is 16.7 Å². The van der Waals surface area contributed by atoms with Gasteiger partial charge < -0.3 is 4.98 Å². The first-order chi connectivity index (χ1) is 13.3. The third kappa shape index (κ3) is 3.31. The third-order valence-electron chi connectivity index (χ3n) is 4.42. The maximum atomic E-state index is 12.9. The number of halogens is 1. The lowest BCUT2D eigenvalue weighted by Crippen LogP contribution is -2.14. The van der Waals surface area contributed by atoms with Crippen LogP contribution in [0.5, 0.6) is 0 Å². The van der Waals surface area contributed by atoms with Crippen LogP contribution in [0.2, 0.25) is 5.02 Å². The second kappa shape index (κ2) is 6.87. The highest BCUT2D eigenvalue weighted by molar-refractivity contribution is 7.89. The Morgan fingerprint density at radius 2 is 1.82 bits per heavy atom. The van der Waals surface area contributed by atoms with E-state index in [1.165, 1.54) is 18.2 Å². The average molecular weight is 412 g/mol. The lowest BCUT2D eigenvalue weighted by atomic mass is 10.0. The Hall–Kier alpha value is -3.00. The van der Waals surface area contributed by atoms with Gasteiger partial charge in [-0.2, -0.15) is 0 Å². The van der Waals surface area contributed by atoms with Crippen LogP contribution in [0, 0.1) is 0 Å². The van der Waals surface area contributed by atoms with Crippen LogP contribution >= 0.6 is 11.6 Å². The second-order valence-corrected chi connectivity index (χ2v) is 8.16. The van der Waals surface area contributed by atoms with Crippen molar-refractivity contribution in [2.75, 3.05) is 0 Å². The number of aromatic amines is 1. The van der Waals surface area contributed by atoms with E-state index in [1.54, 1.807) is 24.5 Å². The first-order valence-electron chi connectivity index (χ1n) is 8.23. The van der Waals surface area contributed by atoms with E-state index >= 15 is 0 Å². The smallest absolute Gasteiger partial charge is 0.239 e. The van der Waals surface area contributed by atoms with Crippen LogP contribution < -0.4 is 5.14 Å². The fourth-order valence-corrected chi connectivity index (χ4v) is 4.13. The van der Waals surface area contributed by atoms with E-state index in [0.29, 0.717) is 5.56 Å². The van der Waals surface area contributed by atoms with E-state index in [0.717, 1.165) is 22.0 Å². The molecule has 4 aromatic rings. The van der Waals surface area contributed by atoms with Crippen LogP contribution in [0.15, 0.2) is 72.0 Å². The van der Waals surface area contributed by atoms with Crippen LogP contribution in [0.4, 0.5) is 0 Å². The quantitative estimate of drug-likeness (QED) is 0.498. The predicted octanol–water partition coefficient (Wildman–Crippen LogP) is 3.76. The first kappa shape index (κ1) is 18.4. The van der Waals surface area contributed by atoms with Gasteiger partial charge in [0.15, 0.2) is 5.78 Å². The Labute approximate surface area is 166 Å². The summed E-state index contributed by atoms with van der Waals surface area (Å²) in [4.78, 5) is 19.9. The van der Waals surface area contributed by atoms with Gasteiger partial charge in [-0.15, -0.1) is 0 Å². The predicted molar refractivity (Wildman–Crippen MR) is 108 cm³/mol. The Morgan fingerprint density at radius 1 is 1.07 bits per heavy atom. The number of primary sulfonamides is 1. The molecule has 2 aromatic carbocycles. The zero-order valence-electron chi connectivity index (χ0n) is 14.4. The van der Waals surface area contributed by atoms with Gasteiger partial charge in [0, 0.05) is 51.7 Å². The highest BCUT2D eigenvalue weighted by Gasteiger charge is 2.18. The van der Waals surface area contributed by atoms with Gasteiger partial charge in [-0.25, -0.2) is 13.6 Å². The number of nitrogens with one attached hydrogen (secondary N) is 1. The summed E-state index contributed by atoms with van der Waals surface area (Å²) < 4.78 is 23.3. The number of pyridine rings is 1. The SMILES string of the molecule is NS(=O)(=O)c1cc(C(=O)c2ccc3c(-c4cccnc4)c[nH]c3c2)ccc1Cl. The molecule has 0 amide bonds. The molecule has 4 rings (SSSR count). The second-order valence-electron chi connectivity index (χ2n) is 6.22. The number of hydrogen-bond acceptors (Lipinski definition) is 4. The normalized spacial score (nSPS) is 11.6. The topological polar surface area (TPSA) is 106 Å². The van der Waals surface area contributed by atoms with Crippen molar-refractivity contribution in [2.24, 2.45) is 5.14 Å². The number of aromatic nitrogens is 2. The summed E-state index contributed by atoms with van der Waals surface area (Å²) in [6, 6.07) is 13.1. The molecule has 28 heavy (non-hydrogen) atoms. The third-order valence-corrected chi connectivity index (χ3v) is 5.81. The molecule has 8 heteroatoms. The van der Waals surface area contributed by atoms with Gasteiger partial charge in [0.25, 0.3) is 0 Å². The van der Waals surface area contributed by atoms with Crippen molar-refractivity contribution in [3.63, 3.8) is 0 Å². The van der Waals surface area contributed by atoms with Crippen molar-refractivity contribution >= 4 is 38.3 Å².